The van der Waals surface area contributed by atoms with Crippen molar-refractivity contribution in [2.75, 3.05) is 31.5 Å². The Morgan fingerprint density at radius 3 is 2.06 bits per heavy atom. The van der Waals surface area contributed by atoms with Gasteiger partial charge in [-0.2, -0.15) is 0 Å². The zero-order valence-electron chi connectivity index (χ0n) is 20.0. The van der Waals surface area contributed by atoms with Gasteiger partial charge in [0, 0.05) is 37.9 Å². The lowest BCUT2D eigenvalue weighted by Crippen LogP contribution is -2.57. The summed E-state index contributed by atoms with van der Waals surface area (Å²) in [6, 6.07) is 9.66. The van der Waals surface area contributed by atoms with Crippen molar-refractivity contribution < 1.29 is 23.2 Å². The predicted molar refractivity (Wildman–Crippen MR) is 131 cm³/mol. The first-order chi connectivity index (χ1) is 17.3. The summed E-state index contributed by atoms with van der Waals surface area (Å²) in [7, 11) is 0. The first-order valence-corrected chi connectivity index (χ1v) is 12.2. The summed E-state index contributed by atoms with van der Waals surface area (Å²) >= 11 is 0. The highest BCUT2D eigenvalue weighted by atomic mass is 19.1. The summed E-state index contributed by atoms with van der Waals surface area (Å²) in [6.07, 6.45) is 3.44. The summed E-state index contributed by atoms with van der Waals surface area (Å²) in [4.78, 5) is 41.9. The summed E-state index contributed by atoms with van der Waals surface area (Å²) < 4.78 is 26.4. The Kier molecular flexibility index (Phi) is 8.14. The molecule has 4 rings (SSSR count). The molecule has 192 valence electrons. The molecule has 36 heavy (non-hydrogen) atoms. The molecule has 2 fully saturated rings. The monoisotopic (exact) mass is 499 g/mol. The quantitative estimate of drug-likeness (QED) is 0.568. The smallest absolute Gasteiger partial charge is 0.321 e. The van der Waals surface area contributed by atoms with E-state index < -0.39 is 17.8 Å². The molecule has 0 bridgehead atoms. The molecule has 4 N–H and O–H groups in total. The number of nitrogens with two attached hydrogens (primary N) is 1. The Balaban J connectivity index is 1.36. The van der Waals surface area contributed by atoms with E-state index in [2.05, 4.69) is 15.5 Å². The Morgan fingerprint density at radius 1 is 0.861 bits per heavy atom. The Morgan fingerprint density at radius 2 is 1.44 bits per heavy atom. The molecule has 0 aromatic heterocycles. The van der Waals surface area contributed by atoms with Crippen LogP contribution in [-0.2, 0) is 9.59 Å². The lowest BCUT2D eigenvalue weighted by molar-refractivity contribution is -0.133. The van der Waals surface area contributed by atoms with Crippen LogP contribution in [-0.4, -0.2) is 59.9 Å². The van der Waals surface area contributed by atoms with Crippen LogP contribution >= 0.6 is 0 Å². The van der Waals surface area contributed by atoms with Gasteiger partial charge in [-0.05, 0) is 54.8 Å². The maximum Gasteiger partial charge on any atom is 0.321 e. The molecular weight excluding hydrogens is 468 g/mol. The third kappa shape index (κ3) is 6.17. The maximum absolute atomic E-state index is 13.3. The number of carbonyl (C=O) groups is 3. The molecule has 0 unspecified atom stereocenters. The zero-order valence-corrected chi connectivity index (χ0v) is 20.0. The molecule has 4 amide bonds. The van der Waals surface area contributed by atoms with Crippen LogP contribution in [0.15, 0.2) is 48.5 Å². The van der Waals surface area contributed by atoms with Gasteiger partial charge in [0.05, 0.1) is 5.92 Å². The third-order valence-corrected chi connectivity index (χ3v) is 7.01. The fourth-order valence-corrected chi connectivity index (χ4v) is 5.07. The summed E-state index contributed by atoms with van der Waals surface area (Å²) in [5.41, 5.74) is 6.51. The van der Waals surface area contributed by atoms with Crippen LogP contribution in [0.3, 0.4) is 0 Å². The van der Waals surface area contributed by atoms with Crippen molar-refractivity contribution >= 4 is 23.5 Å². The van der Waals surface area contributed by atoms with Gasteiger partial charge in [-0.1, -0.05) is 25.0 Å². The van der Waals surface area contributed by atoms with Crippen LogP contribution in [0.5, 0.6) is 0 Å². The number of primary amides is 1. The van der Waals surface area contributed by atoms with Gasteiger partial charge in [0.25, 0.3) is 0 Å². The number of nitrogens with one attached hydrogen (secondary N) is 2. The van der Waals surface area contributed by atoms with Crippen molar-refractivity contribution in [3.63, 3.8) is 0 Å². The van der Waals surface area contributed by atoms with Gasteiger partial charge in [-0.25, -0.2) is 13.6 Å². The molecule has 2 aromatic rings. The minimum absolute atomic E-state index is 0.0113. The summed E-state index contributed by atoms with van der Waals surface area (Å²) in [6.45, 7) is 2.22. The van der Waals surface area contributed by atoms with E-state index in [1.54, 1.807) is 4.90 Å². The minimum Gasteiger partial charge on any atom is -0.368 e. The lowest BCUT2D eigenvalue weighted by atomic mass is 9.82. The first kappa shape index (κ1) is 25.6. The number of urea groups is 1. The molecule has 2 aliphatic rings. The first-order valence-electron chi connectivity index (χ1n) is 12.2. The average Bonchev–Trinajstić information content (AvgIpc) is 2.89. The van der Waals surface area contributed by atoms with Crippen molar-refractivity contribution in [3.8, 4) is 0 Å². The van der Waals surface area contributed by atoms with Gasteiger partial charge in [-0.15, -0.1) is 0 Å². The van der Waals surface area contributed by atoms with E-state index in [1.165, 1.54) is 48.5 Å². The summed E-state index contributed by atoms with van der Waals surface area (Å²) in [5, 5.41) is 5.57. The maximum atomic E-state index is 13.3. The van der Waals surface area contributed by atoms with E-state index in [4.69, 9.17) is 5.73 Å². The lowest BCUT2D eigenvalue weighted by Gasteiger charge is -2.43. The van der Waals surface area contributed by atoms with E-state index >= 15 is 0 Å². The number of carbonyl (C=O) groups excluding carboxylic acids is 3. The molecule has 1 saturated heterocycles. The zero-order chi connectivity index (χ0) is 25.7. The highest BCUT2D eigenvalue weighted by molar-refractivity contribution is 5.90. The number of rotatable bonds is 6. The van der Waals surface area contributed by atoms with E-state index in [-0.39, 0.29) is 29.7 Å². The molecule has 1 aliphatic heterocycles. The largest absolute Gasteiger partial charge is 0.368 e. The van der Waals surface area contributed by atoms with Crippen LogP contribution in [0, 0.1) is 17.6 Å². The van der Waals surface area contributed by atoms with Gasteiger partial charge < -0.3 is 21.3 Å². The minimum atomic E-state index is -1.03. The van der Waals surface area contributed by atoms with Crippen molar-refractivity contribution in [1.29, 1.82) is 0 Å². The standard InChI is InChI=1S/C26H31F2N5O3/c27-18-7-5-17(6-8-18)23(24(29)34)31-25(35)21-3-1-2-4-22(21)32-13-15-33(16-14-32)26(36)30-20-11-9-19(28)10-12-20/h5-12,21-23H,1-4,13-16H2,(H2,29,34)(H,30,36)(H,31,35)/t21-,22-,23-/m0/s1. The molecule has 10 heteroatoms. The molecular formula is C26H31F2N5O3. The number of piperazine rings is 1. The molecule has 1 heterocycles. The number of amides is 4. The number of anilines is 1. The molecule has 3 atom stereocenters. The Labute approximate surface area is 208 Å². The number of halogens is 2. The van der Waals surface area contributed by atoms with Crippen LogP contribution in [0.2, 0.25) is 0 Å². The van der Waals surface area contributed by atoms with Crippen molar-refractivity contribution in [2.24, 2.45) is 11.7 Å². The molecule has 0 spiro atoms. The van der Waals surface area contributed by atoms with Gasteiger partial charge in [-0.3, -0.25) is 14.5 Å². The molecule has 8 nitrogen and oxygen atoms in total. The predicted octanol–water partition coefficient (Wildman–Crippen LogP) is 3.02. The fourth-order valence-electron chi connectivity index (χ4n) is 5.07. The van der Waals surface area contributed by atoms with Crippen LogP contribution in [0.1, 0.15) is 37.3 Å². The van der Waals surface area contributed by atoms with Crippen molar-refractivity contribution in [1.82, 2.24) is 15.1 Å². The van der Waals surface area contributed by atoms with Gasteiger partial charge in [0.2, 0.25) is 11.8 Å². The Bertz CT molecular complexity index is 1070. The average molecular weight is 500 g/mol. The van der Waals surface area contributed by atoms with Gasteiger partial charge >= 0.3 is 6.03 Å². The molecule has 1 aliphatic carbocycles. The highest BCUT2D eigenvalue weighted by Gasteiger charge is 2.38. The van der Waals surface area contributed by atoms with E-state index in [0.717, 1.165) is 19.3 Å². The number of hydrogen-bond acceptors (Lipinski definition) is 4. The normalized spacial score (nSPS) is 21.4. The van der Waals surface area contributed by atoms with Crippen molar-refractivity contribution in [3.05, 3.63) is 65.7 Å². The second kappa shape index (κ2) is 11.5. The van der Waals surface area contributed by atoms with E-state index in [1.807, 2.05) is 0 Å². The SMILES string of the molecule is NC(=O)[C@@H](NC(=O)[C@H]1CCCC[C@@H]1N1CCN(C(=O)Nc2ccc(F)cc2)CC1)c1ccc(F)cc1. The van der Waals surface area contributed by atoms with E-state index in [9.17, 15) is 23.2 Å². The second-order valence-electron chi connectivity index (χ2n) is 9.31. The third-order valence-electron chi connectivity index (χ3n) is 7.01. The van der Waals surface area contributed by atoms with Crippen molar-refractivity contribution in [2.45, 2.75) is 37.8 Å². The summed E-state index contributed by atoms with van der Waals surface area (Å²) in [5.74, 6) is -2.08. The van der Waals surface area contributed by atoms with Gasteiger partial charge in [0.1, 0.15) is 17.7 Å². The van der Waals surface area contributed by atoms with E-state index in [0.29, 0.717) is 43.9 Å². The molecule has 1 saturated carbocycles. The fraction of sp³-hybridized carbons (Fsp3) is 0.423. The molecule has 0 radical (unpaired) electrons. The Hall–Kier alpha value is -3.53. The molecule has 2 aromatic carbocycles. The van der Waals surface area contributed by atoms with Crippen LogP contribution in [0.25, 0.3) is 0 Å². The number of nitrogens with zero attached hydrogens (tertiary/aromatic N) is 2. The van der Waals surface area contributed by atoms with Gasteiger partial charge in [0.15, 0.2) is 0 Å². The highest BCUT2D eigenvalue weighted by Crippen LogP contribution is 2.30. The number of benzene rings is 2. The number of hydrogen-bond donors (Lipinski definition) is 3. The topological polar surface area (TPSA) is 108 Å². The van der Waals surface area contributed by atoms with Crippen LogP contribution in [0.4, 0.5) is 19.3 Å². The van der Waals surface area contributed by atoms with Crippen LogP contribution < -0.4 is 16.4 Å². The second-order valence-corrected chi connectivity index (χ2v) is 9.31.